The lowest BCUT2D eigenvalue weighted by Crippen LogP contribution is -1.81. The van der Waals surface area contributed by atoms with Crippen molar-refractivity contribution < 1.29 is 0 Å². The first-order valence-electron chi connectivity index (χ1n) is 4.37. The van der Waals surface area contributed by atoms with Gasteiger partial charge in [-0.25, -0.2) is 0 Å². The summed E-state index contributed by atoms with van der Waals surface area (Å²) in [6.07, 6.45) is 0. The molecule has 14 heavy (non-hydrogen) atoms. The van der Waals surface area contributed by atoms with Crippen molar-refractivity contribution in [1.82, 2.24) is 20.6 Å². The van der Waals surface area contributed by atoms with Crippen LogP contribution in [0.3, 0.4) is 0 Å². The second-order valence-corrected chi connectivity index (χ2v) is 4.03. The summed E-state index contributed by atoms with van der Waals surface area (Å²) in [5, 5.41) is 13.8. The fraction of sp³-hybridized carbons (Fsp3) is 0.222. The molecule has 5 heteroatoms. The fourth-order valence-electron chi connectivity index (χ4n) is 1.15. The van der Waals surface area contributed by atoms with Crippen LogP contribution in [0, 0.1) is 0 Å². The van der Waals surface area contributed by atoms with E-state index in [-0.39, 0.29) is 0 Å². The first kappa shape index (κ1) is 9.21. The summed E-state index contributed by atoms with van der Waals surface area (Å²) in [7, 11) is 0. The molecule has 4 nitrogen and oxygen atoms in total. The van der Waals surface area contributed by atoms with E-state index in [4.69, 9.17) is 0 Å². The number of nitrogens with one attached hydrogen (secondary N) is 1. The minimum Gasteiger partial charge on any atom is -0.177 e. The van der Waals surface area contributed by atoms with Crippen LogP contribution in [0.5, 0.6) is 0 Å². The molecule has 1 aromatic carbocycles. The Kier molecular flexibility index (Phi) is 2.78. The van der Waals surface area contributed by atoms with Gasteiger partial charge in [0, 0.05) is 10.5 Å². The average Bonchev–Trinajstić information content (AvgIpc) is 2.72. The zero-order valence-corrected chi connectivity index (χ0v) is 8.58. The van der Waals surface area contributed by atoms with E-state index in [1.54, 1.807) is 0 Å². The van der Waals surface area contributed by atoms with Crippen molar-refractivity contribution in [3.8, 4) is 11.4 Å². The standard InChI is InChI=1S/C9H10N4S/c1-2-14-8-5-3-7(4-6-8)9-10-12-13-11-9/h3-6H,2H2,1H3,(H,10,11,12,13). The van der Waals surface area contributed by atoms with Crippen LogP contribution in [-0.2, 0) is 0 Å². The number of nitrogens with zero attached hydrogens (tertiary/aromatic N) is 3. The van der Waals surface area contributed by atoms with Gasteiger partial charge in [0.25, 0.3) is 0 Å². The fourth-order valence-corrected chi connectivity index (χ4v) is 1.81. The molecule has 2 aromatic rings. The Morgan fingerprint density at radius 3 is 2.64 bits per heavy atom. The molecule has 0 spiro atoms. The van der Waals surface area contributed by atoms with Crippen molar-refractivity contribution in [2.24, 2.45) is 0 Å². The van der Waals surface area contributed by atoms with Gasteiger partial charge in [-0.3, -0.25) is 0 Å². The highest BCUT2D eigenvalue weighted by Gasteiger charge is 2.01. The number of hydrogen-bond acceptors (Lipinski definition) is 4. The number of aromatic amines is 1. The summed E-state index contributed by atoms with van der Waals surface area (Å²) in [5.74, 6) is 1.72. The van der Waals surface area contributed by atoms with Crippen molar-refractivity contribution in [1.29, 1.82) is 0 Å². The van der Waals surface area contributed by atoms with E-state index >= 15 is 0 Å². The molecule has 0 aliphatic carbocycles. The lowest BCUT2D eigenvalue weighted by molar-refractivity contribution is 0.881. The van der Waals surface area contributed by atoms with Crippen LogP contribution >= 0.6 is 11.8 Å². The van der Waals surface area contributed by atoms with E-state index in [0.29, 0.717) is 5.82 Å². The van der Waals surface area contributed by atoms with Crippen LogP contribution in [0.25, 0.3) is 11.4 Å². The molecule has 0 atom stereocenters. The number of hydrogen-bond donors (Lipinski definition) is 1. The Labute approximate surface area is 86.1 Å². The summed E-state index contributed by atoms with van der Waals surface area (Å²) in [4.78, 5) is 1.26. The molecule has 1 N–H and O–H groups in total. The number of aromatic nitrogens is 4. The van der Waals surface area contributed by atoms with E-state index in [1.807, 2.05) is 23.9 Å². The van der Waals surface area contributed by atoms with Crippen molar-refractivity contribution >= 4 is 11.8 Å². The third-order valence-electron chi connectivity index (χ3n) is 1.77. The van der Waals surface area contributed by atoms with Crippen molar-refractivity contribution in [3.63, 3.8) is 0 Å². The molecule has 0 unspecified atom stereocenters. The Hall–Kier alpha value is -1.36. The molecule has 1 heterocycles. The van der Waals surface area contributed by atoms with E-state index in [2.05, 4.69) is 39.7 Å². The van der Waals surface area contributed by atoms with Crippen LogP contribution in [0.2, 0.25) is 0 Å². The molecule has 72 valence electrons. The maximum absolute atomic E-state index is 3.91. The molecule has 1 aromatic heterocycles. The van der Waals surface area contributed by atoms with E-state index in [9.17, 15) is 0 Å². The smallest absolute Gasteiger partial charge is 0.177 e. The zero-order valence-electron chi connectivity index (χ0n) is 7.77. The second-order valence-electron chi connectivity index (χ2n) is 2.69. The second kappa shape index (κ2) is 4.23. The van der Waals surface area contributed by atoms with Crippen LogP contribution < -0.4 is 0 Å². The number of thioether (sulfide) groups is 1. The largest absolute Gasteiger partial charge is 0.204 e. The molecule has 0 amide bonds. The first-order valence-corrected chi connectivity index (χ1v) is 5.35. The molecule has 0 radical (unpaired) electrons. The van der Waals surface area contributed by atoms with Crippen LogP contribution in [0.1, 0.15) is 6.92 Å². The highest BCUT2D eigenvalue weighted by molar-refractivity contribution is 7.99. The lowest BCUT2D eigenvalue weighted by Gasteiger charge is -1.98. The molecular weight excluding hydrogens is 196 g/mol. The van der Waals surface area contributed by atoms with E-state index in [0.717, 1.165) is 11.3 Å². The van der Waals surface area contributed by atoms with E-state index < -0.39 is 0 Å². The van der Waals surface area contributed by atoms with Crippen molar-refractivity contribution in [3.05, 3.63) is 24.3 Å². The van der Waals surface area contributed by atoms with Crippen LogP contribution in [0.15, 0.2) is 29.2 Å². The zero-order chi connectivity index (χ0) is 9.80. The quantitative estimate of drug-likeness (QED) is 0.780. The molecule has 0 aliphatic rings. The van der Waals surface area contributed by atoms with Gasteiger partial charge in [-0.1, -0.05) is 6.92 Å². The van der Waals surface area contributed by atoms with Gasteiger partial charge >= 0.3 is 0 Å². The molecule has 0 saturated carbocycles. The Bertz CT molecular complexity index is 382. The molecule has 0 bridgehead atoms. The van der Waals surface area contributed by atoms with Gasteiger partial charge in [-0.2, -0.15) is 5.21 Å². The van der Waals surface area contributed by atoms with Gasteiger partial charge in [-0.05, 0) is 35.2 Å². The predicted octanol–water partition coefficient (Wildman–Crippen LogP) is 1.98. The van der Waals surface area contributed by atoms with Gasteiger partial charge in [0.05, 0.1) is 0 Å². The summed E-state index contributed by atoms with van der Waals surface area (Å²) >= 11 is 1.82. The monoisotopic (exact) mass is 206 g/mol. The van der Waals surface area contributed by atoms with Gasteiger partial charge < -0.3 is 0 Å². The van der Waals surface area contributed by atoms with Gasteiger partial charge in [0.2, 0.25) is 5.82 Å². The van der Waals surface area contributed by atoms with Crippen molar-refractivity contribution in [2.45, 2.75) is 11.8 Å². The predicted molar refractivity (Wildman–Crippen MR) is 56.0 cm³/mol. The SMILES string of the molecule is CCSc1ccc(-c2nn[nH]n2)cc1. The van der Waals surface area contributed by atoms with Crippen LogP contribution in [-0.4, -0.2) is 26.4 Å². The first-order chi connectivity index (χ1) is 6.90. The molecular formula is C9H10N4S. The van der Waals surface area contributed by atoms with Gasteiger partial charge in [-0.15, -0.1) is 22.0 Å². The lowest BCUT2D eigenvalue weighted by atomic mass is 10.2. The topological polar surface area (TPSA) is 54.5 Å². The summed E-state index contributed by atoms with van der Waals surface area (Å²) in [5.41, 5.74) is 0.985. The average molecular weight is 206 g/mol. The Balaban J connectivity index is 2.22. The maximum Gasteiger partial charge on any atom is 0.204 e. The number of benzene rings is 1. The molecule has 0 aliphatic heterocycles. The molecule has 2 rings (SSSR count). The van der Waals surface area contributed by atoms with Gasteiger partial charge in [0.15, 0.2) is 0 Å². The van der Waals surface area contributed by atoms with Gasteiger partial charge in [0.1, 0.15) is 0 Å². The number of tetrazole rings is 1. The summed E-state index contributed by atoms with van der Waals surface area (Å²) in [6.45, 7) is 2.14. The minimum atomic E-state index is 0.637. The minimum absolute atomic E-state index is 0.637. The number of rotatable bonds is 3. The highest BCUT2D eigenvalue weighted by Crippen LogP contribution is 2.21. The normalized spacial score (nSPS) is 10.4. The Morgan fingerprint density at radius 1 is 1.29 bits per heavy atom. The number of H-pyrrole nitrogens is 1. The summed E-state index contributed by atoms with van der Waals surface area (Å²) in [6, 6.07) is 8.14. The maximum atomic E-state index is 3.91. The van der Waals surface area contributed by atoms with Crippen LogP contribution in [0.4, 0.5) is 0 Å². The van der Waals surface area contributed by atoms with E-state index in [1.165, 1.54) is 4.90 Å². The Morgan fingerprint density at radius 2 is 2.07 bits per heavy atom. The third-order valence-corrected chi connectivity index (χ3v) is 2.66. The molecule has 0 fully saturated rings. The molecule has 0 saturated heterocycles. The highest BCUT2D eigenvalue weighted by atomic mass is 32.2. The summed E-state index contributed by atoms with van der Waals surface area (Å²) < 4.78 is 0. The third kappa shape index (κ3) is 1.93. The van der Waals surface area contributed by atoms with Crippen molar-refractivity contribution in [2.75, 3.05) is 5.75 Å².